The minimum absolute atomic E-state index is 0.694. The Balaban J connectivity index is 1.99. The Labute approximate surface area is 117 Å². The third kappa shape index (κ3) is 3.62. The predicted molar refractivity (Wildman–Crippen MR) is 82.8 cm³/mol. The van der Waals surface area contributed by atoms with Crippen molar-refractivity contribution in [2.24, 2.45) is 5.92 Å². The molecule has 19 heavy (non-hydrogen) atoms. The maximum Gasteiger partial charge on any atom is 0.127 e. The molecule has 0 unspecified atom stereocenters. The average molecular weight is 261 g/mol. The van der Waals surface area contributed by atoms with Crippen LogP contribution in [-0.4, -0.2) is 24.6 Å². The summed E-state index contributed by atoms with van der Waals surface area (Å²) in [5.41, 5.74) is 1.28. The van der Waals surface area contributed by atoms with Gasteiger partial charge in [-0.1, -0.05) is 13.3 Å². The zero-order valence-electron chi connectivity index (χ0n) is 12.5. The fraction of sp³-hybridized carbons (Fsp3) is 0.688. The molecule has 1 N–H and O–H groups in total. The van der Waals surface area contributed by atoms with Crippen molar-refractivity contribution in [1.82, 2.24) is 4.98 Å². The van der Waals surface area contributed by atoms with E-state index in [1.807, 2.05) is 6.20 Å². The summed E-state index contributed by atoms with van der Waals surface area (Å²) >= 11 is 0. The van der Waals surface area contributed by atoms with Crippen LogP contribution in [0.2, 0.25) is 0 Å². The van der Waals surface area contributed by atoms with Gasteiger partial charge in [-0.05, 0) is 44.6 Å². The predicted octanol–water partition coefficient (Wildman–Crippen LogP) is 3.92. The molecular formula is C16H27N3. The molecule has 0 aromatic carbocycles. The van der Waals surface area contributed by atoms with Gasteiger partial charge in [0, 0.05) is 37.6 Å². The number of nitrogens with one attached hydrogen (secondary N) is 1. The Hall–Kier alpha value is -1.25. The van der Waals surface area contributed by atoms with Crippen LogP contribution in [0.1, 0.15) is 46.0 Å². The number of hydrogen-bond acceptors (Lipinski definition) is 3. The lowest BCUT2D eigenvalue weighted by molar-refractivity contribution is 0.313. The lowest BCUT2D eigenvalue weighted by atomic mass is 9.84. The van der Waals surface area contributed by atoms with Crippen LogP contribution in [0, 0.1) is 5.92 Å². The van der Waals surface area contributed by atoms with Crippen molar-refractivity contribution in [3.8, 4) is 0 Å². The summed E-state index contributed by atoms with van der Waals surface area (Å²) in [6.45, 7) is 5.34. The number of pyridine rings is 1. The Morgan fingerprint density at radius 2 is 2.00 bits per heavy atom. The van der Waals surface area contributed by atoms with Gasteiger partial charge in [0.25, 0.3) is 0 Å². The second kappa shape index (κ2) is 6.78. The summed E-state index contributed by atoms with van der Waals surface area (Å²) in [5, 5.41) is 3.28. The highest BCUT2D eigenvalue weighted by molar-refractivity contribution is 5.54. The maximum absolute atomic E-state index is 4.34. The number of rotatable bonds is 5. The van der Waals surface area contributed by atoms with E-state index in [9.17, 15) is 0 Å². The Bertz CT molecular complexity index is 383. The van der Waals surface area contributed by atoms with Crippen LogP contribution in [0.4, 0.5) is 11.5 Å². The highest BCUT2D eigenvalue weighted by atomic mass is 15.1. The summed E-state index contributed by atoms with van der Waals surface area (Å²) < 4.78 is 0. The molecule has 0 spiro atoms. The van der Waals surface area contributed by atoms with Crippen LogP contribution in [0.15, 0.2) is 18.3 Å². The molecule has 3 heteroatoms. The first-order chi connectivity index (χ1) is 9.24. The van der Waals surface area contributed by atoms with Crippen molar-refractivity contribution >= 4 is 11.5 Å². The van der Waals surface area contributed by atoms with Crippen LogP contribution in [0.3, 0.4) is 0 Å². The van der Waals surface area contributed by atoms with E-state index in [2.05, 4.69) is 48.2 Å². The number of aromatic nitrogens is 1. The number of anilines is 2. The van der Waals surface area contributed by atoms with Crippen molar-refractivity contribution < 1.29 is 0 Å². The zero-order chi connectivity index (χ0) is 13.7. The standard InChI is InChI=1S/C16H27N3/c1-4-13-6-8-14(9-7-13)19(3)15-10-11-18-16(12-15)17-5-2/h10-14H,4-9H2,1-3H3,(H,17,18). The second-order valence-electron chi connectivity index (χ2n) is 5.62. The minimum Gasteiger partial charge on any atom is -0.371 e. The zero-order valence-corrected chi connectivity index (χ0v) is 12.5. The molecular weight excluding hydrogens is 234 g/mol. The van der Waals surface area contributed by atoms with Crippen LogP contribution < -0.4 is 10.2 Å². The first-order valence-electron chi connectivity index (χ1n) is 7.67. The smallest absolute Gasteiger partial charge is 0.127 e. The van der Waals surface area contributed by atoms with Crippen molar-refractivity contribution in [2.75, 3.05) is 23.8 Å². The molecule has 0 amide bonds. The lowest BCUT2D eigenvalue weighted by Gasteiger charge is -2.35. The molecule has 1 saturated carbocycles. The molecule has 2 rings (SSSR count). The van der Waals surface area contributed by atoms with Crippen molar-refractivity contribution in [3.63, 3.8) is 0 Å². The van der Waals surface area contributed by atoms with Gasteiger partial charge in [-0.15, -0.1) is 0 Å². The third-order valence-corrected chi connectivity index (χ3v) is 4.45. The second-order valence-corrected chi connectivity index (χ2v) is 5.62. The molecule has 0 aliphatic heterocycles. The van der Waals surface area contributed by atoms with Gasteiger partial charge in [-0.2, -0.15) is 0 Å². The van der Waals surface area contributed by atoms with Crippen molar-refractivity contribution in [1.29, 1.82) is 0 Å². The molecule has 1 aliphatic carbocycles. The summed E-state index contributed by atoms with van der Waals surface area (Å²) in [7, 11) is 2.22. The van der Waals surface area contributed by atoms with Crippen molar-refractivity contribution in [2.45, 2.75) is 52.0 Å². The molecule has 1 aromatic heterocycles. The number of hydrogen-bond donors (Lipinski definition) is 1. The molecule has 1 fully saturated rings. The van der Waals surface area contributed by atoms with E-state index < -0.39 is 0 Å². The van der Waals surface area contributed by atoms with Gasteiger partial charge in [0.2, 0.25) is 0 Å². The summed E-state index contributed by atoms with van der Waals surface area (Å²) in [4.78, 5) is 6.78. The van der Waals surface area contributed by atoms with Gasteiger partial charge in [-0.25, -0.2) is 4.98 Å². The van der Waals surface area contributed by atoms with Gasteiger partial charge in [0.15, 0.2) is 0 Å². The highest BCUT2D eigenvalue weighted by Crippen LogP contribution is 2.31. The fourth-order valence-electron chi connectivity index (χ4n) is 3.07. The summed E-state index contributed by atoms with van der Waals surface area (Å²) in [5.74, 6) is 1.94. The Kier molecular flexibility index (Phi) is 5.06. The monoisotopic (exact) mass is 261 g/mol. The Morgan fingerprint density at radius 3 is 2.63 bits per heavy atom. The molecule has 1 heterocycles. The topological polar surface area (TPSA) is 28.2 Å². The van der Waals surface area contributed by atoms with E-state index in [-0.39, 0.29) is 0 Å². The minimum atomic E-state index is 0.694. The van der Waals surface area contributed by atoms with Gasteiger partial charge in [-0.3, -0.25) is 0 Å². The van der Waals surface area contributed by atoms with Gasteiger partial charge in [0.05, 0.1) is 0 Å². The molecule has 0 bridgehead atoms. The Morgan fingerprint density at radius 1 is 1.26 bits per heavy atom. The number of nitrogens with zero attached hydrogens (tertiary/aromatic N) is 2. The molecule has 0 radical (unpaired) electrons. The molecule has 1 aromatic rings. The van der Waals surface area contributed by atoms with E-state index in [0.717, 1.165) is 18.3 Å². The lowest BCUT2D eigenvalue weighted by Crippen LogP contribution is -2.35. The quantitative estimate of drug-likeness (QED) is 0.870. The van der Waals surface area contributed by atoms with Crippen LogP contribution in [0.5, 0.6) is 0 Å². The highest BCUT2D eigenvalue weighted by Gasteiger charge is 2.23. The largest absolute Gasteiger partial charge is 0.371 e. The van der Waals surface area contributed by atoms with E-state index >= 15 is 0 Å². The normalized spacial score (nSPS) is 23.1. The average Bonchev–Trinajstić information content (AvgIpc) is 2.47. The van der Waals surface area contributed by atoms with E-state index in [1.54, 1.807) is 0 Å². The molecule has 1 aliphatic rings. The van der Waals surface area contributed by atoms with Gasteiger partial charge < -0.3 is 10.2 Å². The van der Waals surface area contributed by atoms with E-state index in [1.165, 1.54) is 37.8 Å². The van der Waals surface area contributed by atoms with Gasteiger partial charge in [0.1, 0.15) is 5.82 Å². The molecule has 0 atom stereocenters. The molecule has 106 valence electrons. The SMILES string of the molecule is CCNc1cc(N(C)C2CCC(CC)CC2)ccn1. The first kappa shape index (κ1) is 14.2. The van der Waals surface area contributed by atoms with Crippen LogP contribution >= 0.6 is 0 Å². The summed E-state index contributed by atoms with van der Waals surface area (Å²) in [6.07, 6.45) is 8.67. The first-order valence-corrected chi connectivity index (χ1v) is 7.67. The van der Waals surface area contributed by atoms with Crippen LogP contribution in [0.25, 0.3) is 0 Å². The van der Waals surface area contributed by atoms with Crippen LogP contribution in [-0.2, 0) is 0 Å². The summed E-state index contributed by atoms with van der Waals surface area (Å²) in [6, 6.07) is 4.97. The maximum atomic E-state index is 4.34. The molecule has 0 saturated heterocycles. The fourth-order valence-corrected chi connectivity index (χ4v) is 3.07. The van der Waals surface area contributed by atoms with E-state index in [4.69, 9.17) is 0 Å². The van der Waals surface area contributed by atoms with Gasteiger partial charge >= 0.3 is 0 Å². The third-order valence-electron chi connectivity index (χ3n) is 4.45. The van der Waals surface area contributed by atoms with Crippen molar-refractivity contribution in [3.05, 3.63) is 18.3 Å². The molecule has 3 nitrogen and oxygen atoms in total. The van der Waals surface area contributed by atoms with E-state index in [0.29, 0.717) is 6.04 Å².